The zero-order chi connectivity index (χ0) is 14.6. The number of aliphatic hydroxyl groups excluding tert-OH is 1. The van der Waals surface area contributed by atoms with Crippen LogP contribution in [0.3, 0.4) is 0 Å². The van der Waals surface area contributed by atoms with Crippen LogP contribution < -0.4 is 5.32 Å². The molecule has 0 bridgehead atoms. The Morgan fingerprint density at radius 1 is 1.60 bits per heavy atom. The second-order valence-corrected chi connectivity index (χ2v) is 6.47. The van der Waals surface area contributed by atoms with Crippen LogP contribution in [-0.4, -0.2) is 34.4 Å². The van der Waals surface area contributed by atoms with E-state index in [0.717, 1.165) is 43.4 Å². The number of amides is 1. The minimum absolute atomic E-state index is 0.0525. The Labute approximate surface area is 120 Å². The number of aromatic nitrogens is 2. The third-order valence-corrected chi connectivity index (χ3v) is 4.12. The normalized spacial score (nSPS) is 18.6. The number of carbonyl (C=O) groups excluding carboxylic acids is 1. The quantitative estimate of drug-likeness (QED) is 0.694. The topological polar surface area (TPSA) is 78.0 Å². The fraction of sp³-hybridized carbons (Fsp3) is 0.733. The molecule has 0 saturated heterocycles. The SMILES string of the molecule is CC(C)(CO)CCCNC(=O)C1CCCc2[nH]ncc21. The number of aliphatic hydroxyl groups is 1. The summed E-state index contributed by atoms with van der Waals surface area (Å²) in [7, 11) is 0. The average Bonchev–Trinajstić information content (AvgIpc) is 2.91. The first kappa shape index (κ1) is 15.0. The van der Waals surface area contributed by atoms with Crippen LogP contribution in [-0.2, 0) is 11.2 Å². The van der Waals surface area contributed by atoms with Gasteiger partial charge >= 0.3 is 0 Å². The molecular weight excluding hydrogens is 254 g/mol. The van der Waals surface area contributed by atoms with Crippen LogP contribution in [0.15, 0.2) is 6.20 Å². The highest BCUT2D eigenvalue weighted by Crippen LogP contribution is 2.30. The predicted molar refractivity (Wildman–Crippen MR) is 77.4 cm³/mol. The summed E-state index contributed by atoms with van der Waals surface area (Å²) in [5, 5.41) is 19.2. The molecule has 1 heterocycles. The Hall–Kier alpha value is -1.36. The Bertz CT molecular complexity index is 454. The number of carbonyl (C=O) groups is 1. The van der Waals surface area contributed by atoms with Gasteiger partial charge in [0, 0.05) is 24.4 Å². The highest BCUT2D eigenvalue weighted by atomic mass is 16.3. The van der Waals surface area contributed by atoms with Crippen LogP contribution in [0.25, 0.3) is 0 Å². The number of hydrogen-bond donors (Lipinski definition) is 3. The molecule has 1 aliphatic carbocycles. The summed E-state index contributed by atoms with van der Waals surface area (Å²) in [4.78, 5) is 12.3. The van der Waals surface area contributed by atoms with E-state index in [0.29, 0.717) is 6.54 Å². The van der Waals surface area contributed by atoms with Crippen molar-refractivity contribution in [3.8, 4) is 0 Å². The lowest BCUT2D eigenvalue weighted by Crippen LogP contribution is -2.32. The van der Waals surface area contributed by atoms with Crippen molar-refractivity contribution < 1.29 is 9.90 Å². The molecule has 1 atom stereocenters. The molecule has 0 fully saturated rings. The third kappa shape index (κ3) is 3.60. The molecular formula is C15H25N3O2. The highest BCUT2D eigenvalue weighted by molar-refractivity contribution is 5.84. The predicted octanol–water partition coefficient (Wildman–Crippen LogP) is 1.74. The summed E-state index contributed by atoms with van der Waals surface area (Å²) in [6.45, 7) is 4.93. The number of nitrogens with zero attached hydrogens (tertiary/aromatic N) is 1. The van der Waals surface area contributed by atoms with Gasteiger partial charge in [-0.15, -0.1) is 0 Å². The minimum Gasteiger partial charge on any atom is -0.396 e. The summed E-state index contributed by atoms with van der Waals surface area (Å²) in [6.07, 6.45) is 6.51. The van der Waals surface area contributed by atoms with Crippen LogP contribution in [0.5, 0.6) is 0 Å². The van der Waals surface area contributed by atoms with Gasteiger partial charge in [0.25, 0.3) is 0 Å². The molecule has 112 valence electrons. The number of aryl methyl sites for hydroxylation is 1. The Kier molecular flexibility index (Phi) is 4.81. The lowest BCUT2D eigenvalue weighted by molar-refractivity contribution is -0.122. The van der Waals surface area contributed by atoms with Crippen molar-refractivity contribution in [2.45, 2.75) is 51.9 Å². The number of H-pyrrole nitrogens is 1. The molecule has 0 saturated carbocycles. The smallest absolute Gasteiger partial charge is 0.227 e. The summed E-state index contributed by atoms with van der Waals surface area (Å²) < 4.78 is 0. The van der Waals surface area contributed by atoms with E-state index in [2.05, 4.69) is 15.5 Å². The molecule has 1 aliphatic rings. The number of rotatable bonds is 6. The van der Waals surface area contributed by atoms with Crippen molar-refractivity contribution in [3.63, 3.8) is 0 Å². The average molecular weight is 279 g/mol. The van der Waals surface area contributed by atoms with Gasteiger partial charge in [-0.05, 0) is 37.5 Å². The van der Waals surface area contributed by atoms with Crippen LogP contribution >= 0.6 is 0 Å². The lowest BCUT2D eigenvalue weighted by Gasteiger charge is -2.23. The lowest BCUT2D eigenvalue weighted by atomic mass is 9.86. The van der Waals surface area contributed by atoms with Gasteiger partial charge in [0.1, 0.15) is 0 Å². The minimum atomic E-state index is -0.0622. The fourth-order valence-corrected chi connectivity index (χ4v) is 2.71. The van der Waals surface area contributed by atoms with E-state index in [1.165, 1.54) is 0 Å². The number of fused-ring (bicyclic) bond motifs is 1. The van der Waals surface area contributed by atoms with Crippen molar-refractivity contribution in [2.24, 2.45) is 5.41 Å². The van der Waals surface area contributed by atoms with E-state index in [1.807, 2.05) is 13.8 Å². The first-order valence-electron chi connectivity index (χ1n) is 7.44. The molecule has 20 heavy (non-hydrogen) atoms. The van der Waals surface area contributed by atoms with Gasteiger partial charge in [-0.25, -0.2) is 0 Å². The molecule has 5 heteroatoms. The van der Waals surface area contributed by atoms with Crippen LogP contribution in [0, 0.1) is 5.41 Å². The van der Waals surface area contributed by atoms with Gasteiger partial charge in [0.2, 0.25) is 5.91 Å². The van der Waals surface area contributed by atoms with Gasteiger partial charge in [0.15, 0.2) is 0 Å². The molecule has 5 nitrogen and oxygen atoms in total. The van der Waals surface area contributed by atoms with E-state index < -0.39 is 0 Å². The van der Waals surface area contributed by atoms with E-state index in [1.54, 1.807) is 6.20 Å². The Balaban J connectivity index is 1.79. The molecule has 1 aromatic heterocycles. The monoisotopic (exact) mass is 279 g/mol. The maximum atomic E-state index is 12.3. The highest BCUT2D eigenvalue weighted by Gasteiger charge is 2.27. The van der Waals surface area contributed by atoms with Crippen LogP contribution in [0.4, 0.5) is 0 Å². The van der Waals surface area contributed by atoms with E-state index in [9.17, 15) is 9.90 Å². The largest absolute Gasteiger partial charge is 0.396 e. The van der Waals surface area contributed by atoms with Crippen molar-refractivity contribution >= 4 is 5.91 Å². The Morgan fingerprint density at radius 2 is 2.40 bits per heavy atom. The molecule has 0 spiro atoms. The molecule has 1 amide bonds. The number of hydrogen-bond acceptors (Lipinski definition) is 3. The van der Waals surface area contributed by atoms with E-state index >= 15 is 0 Å². The maximum Gasteiger partial charge on any atom is 0.227 e. The third-order valence-electron chi connectivity index (χ3n) is 4.12. The van der Waals surface area contributed by atoms with Gasteiger partial charge in [-0.1, -0.05) is 13.8 Å². The fourth-order valence-electron chi connectivity index (χ4n) is 2.71. The van der Waals surface area contributed by atoms with Gasteiger partial charge in [-0.3, -0.25) is 9.89 Å². The summed E-state index contributed by atoms with van der Waals surface area (Å²) in [6, 6.07) is 0. The second-order valence-electron chi connectivity index (χ2n) is 6.47. The molecule has 3 N–H and O–H groups in total. The van der Waals surface area contributed by atoms with Crippen molar-refractivity contribution in [2.75, 3.05) is 13.2 Å². The zero-order valence-electron chi connectivity index (χ0n) is 12.4. The molecule has 2 rings (SSSR count). The van der Waals surface area contributed by atoms with Crippen molar-refractivity contribution in [1.29, 1.82) is 0 Å². The standard InChI is InChI=1S/C15H25N3O2/c1-15(2,10-19)7-4-8-16-14(20)11-5-3-6-13-12(11)9-17-18-13/h9,11,19H,3-8,10H2,1-2H3,(H,16,20)(H,17,18). The van der Waals surface area contributed by atoms with E-state index in [-0.39, 0.29) is 23.8 Å². The molecule has 0 aliphatic heterocycles. The summed E-state index contributed by atoms with van der Waals surface area (Å²) >= 11 is 0. The van der Waals surface area contributed by atoms with E-state index in [4.69, 9.17) is 0 Å². The number of nitrogens with one attached hydrogen (secondary N) is 2. The maximum absolute atomic E-state index is 12.3. The van der Waals surface area contributed by atoms with Gasteiger partial charge < -0.3 is 10.4 Å². The first-order chi connectivity index (χ1) is 9.53. The van der Waals surface area contributed by atoms with Crippen LogP contribution in [0.2, 0.25) is 0 Å². The molecule has 1 aromatic rings. The summed E-state index contributed by atoms with van der Waals surface area (Å²) in [5.41, 5.74) is 2.11. The summed E-state index contributed by atoms with van der Waals surface area (Å²) in [5.74, 6) is 0.0532. The first-order valence-corrected chi connectivity index (χ1v) is 7.44. The molecule has 1 unspecified atom stereocenters. The van der Waals surface area contributed by atoms with Gasteiger partial charge in [0.05, 0.1) is 12.1 Å². The van der Waals surface area contributed by atoms with Crippen molar-refractivity contribution in [3.05, 3.63) is 17.5 Å². The molecule has 0 aromatic carbocycles. The molecule has 0 radical (unpaired) electrons. The van der Waals surface area contributed by atoms with Crippen LogP contribution in [0.1, 0.15) is 56.7 Å². The van der Waals surface area contributed by atoms with Crippen molar-refractivity contribution in [1.82, 2.24) is 15.5 Å². The van der Waals surface area contributed by atoms with Gasteiger partial charge in [-0.2, -0.15) is 5.10 Å². The zero-order valence-corrected chi connectivity index (χ0v) is 12.4. The second kappa shape index (κ2) is 6.39. The number of aromatic amines is 1. The Morgan fingerprint density at radius 3 is 3.15 bits per heavy atom.